The van der Waals surface area contributed by atoms with Crippen molar-refractivity contribution in [2.24, 2.45) is 0 Å². The number of hydrogen-bond acceptors (Lipinski definition) is 5. The Morgan fingerprint density at radius 2 is 1.91 bits per heavy atom. The number of carbonyl (C=O) groups is 1. The van der Waals surface area contributed by atoms with Gasteiger partial charge in [0, 0.05) is 11.4 Å². The highest BCUT2D eigenvalue weighted by Gasteiger charge is 2.23. The van der Waals surface area contributed by atoms with Gasteiger partial charge in [0.25, 0.3) is 6.47 Å². The number of para-hydroxylation sites is 1. The first-order chi connectivity index (χ1) is 11.2. The second-order valence-corrected chi connectivity index (χ2v) is 6.45. The predicted octanol–water partition coefficient (Wildman–Crippen LogP) is 3.65. The topological polar surface area (TPSA) is 64.1 Å². The van der Waals surface area contributed by atoms with Gasteiger partial charge in [0.1, 0.15) is 6.10 Å². The second-order valence-electron chi connectivity index (χ2n) is 6.45. The van der Waals surface area contributed by atoms with Gasteiger partial charge in [-0.25, -0.2) is 9.97 Å². The van der Waals surface area contributed by atoms with E-state index in [0.29, 0.717) is 24.4 Å². The fraction of sp³-hybridized carbons (Fsp3) is 0.500. The van der Waals surface area contributed by atoms with E-state index >= 15 is 0 Å². The van der Waals surface area contributed by atoms with Gasteiger partial charge in [0.2, 0.25) is 5.95 Å². The van der Waals surface area contributed by atoms with Crippen LogP contribution < -0.4 is 5.32 Å². The fourth-order valence-electron chi connectivity index (χ4n) is 3.21. The largest absolute Gasteiger partial charge is 0.465 e. The summed E-state index contributed by atoms with van der Waals surface area (Å²) in [6.45, 7) is 4.86. The van der Waals surface area contributed by atoms with Crippen molar-refractivity contribution in [1.29, 1.82) is 0 Å². The molecule has 0 atom stereocenters. The monoisotopic (exact) mass is 313 g/mol. The summed E-state index contributed by atoms with van der Waals surface area (Å²) in [6.07, 6.45) is 3.77. The molecular formula is C18H23N3O2. The van der Waals surface area contributed by atoms with Crippen LogP contribution in [0.1, 0.15) is 51.1 Å². The van der Waals surface area contributed by atoms with Gasteiger partial charge in [-0.3, -0.25) is 4.79 Å². The zero-order valence-electron chi connectivity index (χ0n) is 13.7. The Balaban J connectivity index is 1.77. The fourth-order valence-corrected chi connectivity index (χ4v) is 3.21. The summed E-state index contributed by atoms with van der Waals surface area (Å²) in [4.78, 5) is 19.8. The van der Waals surface area contributed by atoms with Crippen molar-refractivity contribution in [3.63, 3.8) is 0 Å². The molecule has 1 saturated carbocycles. The van der Waals surface area contributed by atoms with E-state index in [1.54, 1.807) is 0 Å². The maximum atomic E-state index is 10.4. The smallest absolute Gasteiger partial charge is 0.293 e. The summed E-state index contributed by atoms with van der Waals surface area (Å²) in [5, 5.41) is 4.59. The lowest BCUT2D eigenvalue weighted by Crippen LogP contribution is -2.30. The zero-order chi connectivity index (χ0) is 16.2. The predicted molar refractivity (Wildman–Crippen MR) is 90.4 cm³/mol. The number of aromatic nitrogens is 2. The molecule has 5 heteroatoms. The van der Waals surface area contributed by atoms with E-state index in [9.17, 15) is 4.79 Å². The summed E-state index contributed by atoms with van der Waals surface area (Å²) in [6, 6.07) is 8.48. The zero-order valence-corrected chi connectivity index (χ0v) is 13.7. The molecule has 5 nitrogen and oxygen atoms in total. The Hall–Kier alpha value is -2.17. The lowest BCUT2D eigenvalue weighted by Gasteiger charge is -2.28. The Morgan fingerprint density at radius 3 is 2.61 bits per heavy atom. The van der Waals surface area contributed by atoms with Crippen molar-refractivity contribution in [3.05, 3.63) is 30.0 Å². The Morgan fingerprint density at radius 1 is 1.17 bits per heavy atom. The average molecular weight is 313 g/mol. The van der Waals surface area contributed by atoms with Crippen molar-refractivity contribution in [2.45, 2.75) is 57.6 Å². The van der Waals surface area contributed by atoms with Gasteiger partial charge >= 0.3 is 0 Å². The van der Waals surface area contributed by atoms with E-state index < -0.39 is 0 Å². The molecule has 1 aromatic carbocycles. The standard InChI is InChI=1S/C18H23N3O2/c1-12(2)17-15-5-3-4-6-16(15)20-18(21-17)19-13-7-9-14(10-8-13)23-11-22/h3-6,11-14H,7-10H2,1-2H3,(H,19,20,21). The van der Waals surface area contributed by atoms with Crippen LogP contribution in [-0.4, -0.2) is 28.6 Å². The number of anilines is 1. The molecule has 1 aliphatic carbocycles. The molecule has 0 radical (unpaired) electrons. The second kappa shape index (κ2) is 6.94. The van der Waals surface area contributed by atoms with Crippen LogP contribution in [0.5, 0.6) is 0 Å². The van der Waals surface area contributed by atoms with Gasteiger partial charge < -0.3 is 10.1 Å². The molecule has 2 aromatic rings. The van der Waals surface area contributed by atoms with Crippen LogP contribution in [0.3, 0.4) is 0 Å². The lowest BCUT2D eigenvalue weighted by molar-refractivity contribution is -0.134. The minimum Gasteiger partial charge on any atom is -0.465 e. The summed E-state index contributed by atoms with van der Waals surface area (Å²) in [5.41, 5.74) is 2.06. The first kappa shape index (κ1) is 15.7. The van der Waals surface area contributed by atoms with E-state index in [0.717, 1.165) is 42.3 Å². The molecule has 0 unspecified atom stereocenters. The quantitative estimate of drug-likeness (QED) is 0.854. The molecule has 1 fully saturated rings. The van der Waals surface area contributed by atoms with Crippen LogP contribution in [0.4, 0.5) is 5.95 Å². The van der Waals surface area contributed by atoms with E-state index in [4.69, 9.17) is 9.72 Å². The Labute approximate surface area is 136 Å². The van der Waals surface area contributed by atoms with Gasteiger partial charge in [-0.05, 0) is 37.7 Å². The van der Waals surface area contributed by atoms with Crippen LogP contribution in [0, 0.1) is 0 Å². The number of hydrogen-bond donors (Lipinski definition) is 1. The van der Waals surface area contributed by atoms with Gasteiger partial charge in [-0.2, -0.15) is 0 Å². The van der Waals surface area contributed by atoms with Crippen LogP contribution in [0.25, 0.3) is 10.9 Å². The SMILES string of the molecule is CC(C)c1nc(NC2CCC(OC=O)CC2)nc2ccccc12. The highest BCUT2D eigenvalue weighted by atomic mass is 16.5. The van der Waals surface area contributed by atoms with Crippen molar-refractivity contribution in [1.82, 2.24) is 9.97 Å². The molecule has 1 heterocycles. The first-order valence-corrected chi connectivity index (χ1v) is 8.29. The number of benzene rings is 1. The highest BCUT2D eigenvalue weighted by Crippen LogP contribution is 2.26. The van der Waals surface area contributed by atoms with E-state index in [1.807, 2.05) is 18.2 Å². The van der Waals surface area contributed by atoms with E-state index in [1.165, 1.54) is 0 Å². The number of fused-ring (bicyclic) bond motifs is 1. The molecule has 1 N–H and O–H groups in total. The van der Waals surface area contributed by atoms with Crippen LogP contribution >= 0.6 is 0 Å². The number of nitrogens with zero attached hydrogens (tertiary/aromatic N) is 2. The maximum absolute atomic E-state index is 10.4. The van der Waals surface area contributed by atoms with Crippen LogP contribution in [0.2, 0.25) is 0 Å². The Kier molecular flexibility index (Phi) is 4.74. The van der Waals surface area contributed by atoms with E-state index in [2.05, 4.69) is 30.2 Å². The minimum absolute atomic E-state index is 0.0642. The average Bonchev–Trinajstić information content (AvgIpc) is 2.56. The molecule has 0 amide bonds. The summed E-state index contributed by atoms with van der Waals surface area (Å²) in [5.74, 6) is 1.05. The molecular weight excluding hydrogens is 290 g/mol. The molecule has 122 valence electrons. The highest BCUT2D eigenvalue weighted by molar-refractivity contribution is 5.82. The molecule has 0 bridgehead atoms. The van der Waals surface area contributed by atoms with Crippen LogP contribution in [-0.2, 0) is 9.53 Å². The summed E-state index contributed by atoms with van der Waals surface area (Å²) in [7, 11) is 0. The van der Waals surface area contributed by atoms with Crippen LogP contribution in [0.15, 0.2) is 24.3 Å². The van der Waals surface area contributed by atoms with Gasteiger partial charge in [-0.15, -0.1) is 0 Å². The third kappa shape index (κ3) is 3.60. The summed E-state index contributed by atoms with van der Waals surface area (Å²) >= 11 is 0. The van der Waals surface area contributed by atoms with E-state index in [-0.39, 0.29) is 6.10 Å². The molecule has 23 heavy (non-hydrogen) atoms. The third-order valence-corrected chi connectivity index (χ3v) is 4.44. The van der Waals surface area contributed by atoms with Crippen molar-refractivity contribution in [3.8, 4) is 0 Å². The van der Waals surface area contributed by atoms with Gasteiger partial charge in [0.05, 0.1) is 11.2 Å². The Bertz CT molecular complexity index is 679. The molecule has 3 rings (SSSR count). The number of carbonyl (C=O) groups excluding carboxylic acids is 1. The minimum atomic E-state index is 0.0642. The molecule has 0 saturated heterocycles. The first-order valence-electron chi connectivity index (χ1n) is 8.29. The lowest BCUT2D eigenvalue weighted by atomic mass is 9.93. The summed E-state index contributed by atoms with van der Waals surface area (Å²) < 4.78 is 5.05. The van der Waals surface area contributed by atoms with Crippen molar-refractivity contribution in [2.75, 3.05) is 5.32 Å². The number of nitrogens with one attached hydrogen (secondary N) is 1. The molecule has 0 aliphatic heterocycles. The third-order valence-electron chi connectivity index (χ3n) is 4.44. The maximum Gasteiger partial charge on any atom is 0.293 e. The molecule has 1 aliphatic rings. The van der Waals surface area contributed by atoms with Crippen molar-refractivity contribution < 1.29 is 9.53 Å². The van der Waals surface area contributed by atoms with Gasteiger partial charge in [0.15, 0.2) is 0 Å². The molecule has 1 aromatic heterocycles. The number of rotatable bonds is 5. The van der Waals surface area contributed by atoms with Crippen molar-refractivity contribution >= 4 is 23.3 Å². The van der Waals surface area contributed by atoms with Gasteiger partial charge in [-0.1, -0.05) is 32.0 Å². The number of ether oxygens (including phenoxy) is 1. The normalized spacial score (nSPS) is 21.3. The molecule has 0 spiro atoms.